The van der Waals surface area contributed by atoms with Gasteiger partial charge >= 0.3 is 0 Å². The molecule has 1 heterocycles. The summed E-state index contributed by atoms with van der Waals surface area (Å²) in [5, 5.41) is 12.3. The van der Waals surface area contributed by atoms with Crippen LogP contribution in [-0.4, -0.2) is 4.98 Å². The molecule has 0 bridgehead atoms. The highest BCUT2D eigenvalue weighted by molar-refractivity contribution is 5.91. The molecule has 0 amide bonds. The van der Waals surface area contributed by atoms with Crippen molar-refractivity contribution >= 4 is 16.6 Å². The third kappa shape index (κ3) is 2.72. The minimum absolute atomic E-state index is 0.131. The van der Waals surface area contributed by atoms with Gasteiger partial charge in [0.05, 0.1) is 11.6 Å². The quantitative estimate of drug-likeness (QED) is 0.794. The van der Waals surface area contributed by atoms with Crippen LogP contribution < -0.4 is 5.32 Å². The molecule has 0 saturated carbocycles. The van der Waals surface area contributed by atoms with Gasteiger partial charge in [-0.2, -0.15) is 5.26 Å². The van der Waals surface area contributed by atoms with Gasteiger partial charge in [-0.1, -0.05) is 12.1 Å². The lowest BCUT2D eigenvalue weighted by molar-refractivity contribution is 0.590. The summed E-state index contributed by atoms with van der Waals surface area (Å²) in [5.41, 5.74) is 2.28. The van der Waals surface area contributed by atoms with Crippen molar-refractivity contribution in [2.24, 2.45) is 0 Å². The minimum atomic E-state index is -0.683. The Balaban J connectivity index is 1.89. The topological polar surface area (TPSA) is 48.7 Å². The Hall–Kier alpha value is -3.00. The number of hydrogen-bond acceptors (Lipinski definition) is 3. The third-order valence-corrected chi connectivity index (χ3v) is 3.33. The summed E-state index contributed by atoms with van der Waals surface area (Å²) in [6.45, 7) is 0.475. The lowest BCUT2D eigenvalue weighted by atomic mass is 10.1. The van der Waals surface area contributed by atoms with E-state index in [2.05, 4.69) is 16.4 Å². The maximum atomic E-state index is 13.7. The van der Waals surface area contributed by atoms with Crippen molar-refractivity contribution in [1.29, 1.82) is 5.26 Å². The summed E-state index contributed by atoms with van der Waals surface area (Å²) in [6.07, 6.45) is 1.48. The van der Waals surface area contributed by atoms with Gasteiger partial charge in [-0.05, 0) is 29.8 Å². The monoisotopic (exact) mass is 295 g/mol. The molecule has 1 N–H and O–H groups in total. The van der Waals surface area contributed by atoms with Crippen LogP contribution in [-0.2, 0) is 6.54 Å². The normalized spacial score (nSPS) is 10.4. The smallest absolute Gasteiger partial charge is 0.152 e. The van der Waals surface area contributed by atoms with Crippen molar-refractivity contribution < 1.29 is 8.78 Å². The zero-order valence-electron chi connectivity index (χ0n) is 11.5. The van der Waals surface area contributed by atoms with Crippen LogP contribution in [0.1, 0.15) is 11.1 Å². The van der Waals surface area contributed by atoms with Crippen LogP contribution in [0.25, 0.3) is 10.9 Å². The summed E-state index contributed by atoms with van der Waals surface area (Å²) in [6, 6.07) is 12.9. The Morgan fingerprint density at radius 3 is 2.59 bits per heavy atom. The molecule has 3 rings (SSSR count). The number of fused-ring (bicyclic) bond motifs is 1. The van der Waals surface area contributed by atoms with E-state index in [9.17, 15) is 8.78 Å². The molecule has 0 aliphatic rings. The lowest BCUT2D eigenvalue weighted by Crippen LogP contribution is -2.01. The van der Waals surface area contributed by atoms with Gasteiger partial charge in [-0.3, -0.25) is 4.98 Å². The zero-order valence-corrected chi connectivity index (χ0v) is 11.5. The summed E-state index contributed by atoms with van der Waals surface area (Å²) >= 11 is 0. The maximum Gasteiger partial charge on any atom is 0.152 e. The lowest BCUT2D eigenvalue weighted by Gasteiger charge is -2.10. The Labute approximate surface area is 125 Å². The molecule has 2 aromatic carbocycles. The predicted octanol–water partition coefficient (Wildman–Crippen LogP) is 4.00. The standard InChI is InChI=1S/C17H11F2N3/c18-13-7-14-16(5-6-21-17(14)15(19)8-13)22-10-12-3-1-11(9-20)2-4-12/h1-8H,10H2,(H,21,22). The Kier molecular flexibility index (Phi) is 3.67. The molecule has 108 valence electrons. The average Bonchev–Trinajstić information content (AvgIpc) is 2.53. The Morgan fingerprint density at radius 1 is 1.09 bits per heavy atom. The molecule has 0 atom stereocenters. The van der Waals surface area contributed by atoms with Crippen molar-refractivity contribution in [3.05, 3.63) is 71.4 Å². The summed E-state index contributed by atoms with van der Waals surface area (Å²) in [4.78, 5) is 3.94. The van der Waals surface area contributed by atoms with Crippen molar-refractivity contribution in [2.45, 2.75) is 6.54 Å². The summed E-state index contributed by atoms with van der Waals surface area (Å²) in [7, 11) is 0. The van der Waals surface area contributed by atoms with Gasteiger partial charge < -0.3 is 5.32 Å². The SMILES string of the molecule is N#Cc1ccc(CNc2ccnc3c(F)cc(F)cc23)cc1. The first kappa shape index (κ1) is 14.0. The molecule has 0 fully saturated rings. The van der Waals surface area contributed by atoms with Gasteiger partial charge in [0.1, 0.15) is 11.3 Å². The first-order valence-corrected chi connectivity index (χ1v) is 6.64. The molecular weight excluding hydrogens is 284 g/mol. The van der Waals surface area contributed by atoms with E-state index < -0.39 is 11.6 Å². The molecule has 0 saturated heterocycles. The second-order valence-electron chi connectivity index (χ2n) is 4.80. The fourth-order valence-corrected chi connectivity index (χ4v) is 2.23. The minimum Gasteiger partial charge on any atom is -0.380 e. The molecule has 1 aromatic heterocycles. The molecule has 0 spiro atoms. The number of nitrogens with one attached hydrogen (secondary N) is 1. The number of pyridine rings is 1. The van der Waals surface area contributed by atoms with Gasteiger partial charge in [0.25, 0.3) is 0 Å². The molecule has 0 unspecified atom stereocenters. The van der Waals surface area contributed by atoms with E-state index in [4.69, 9.17) is 5.26 Å². The number of rotatable bonds is 3. The molecule has 3 aromatic rings. The first-order valence-electron chi connectivity index (χ1n) is 6.64. The van der Waals surface area contributed by atoms with E-state index >= 15 is 0 Å². The van der Waals surface area contributed by atoms with Crippen LogP contribution in [0.5, 0.6) is 0 Å². The van der Waals surface area contributed by atoms with E-state index in [-0.39, 0.29) is 5.52 Å². The molecule has 3 nitrogen and oxygen atoms in total. The van der Waals surface area contributed by atoms with Gasteiger partial charge in [0.15, 0.2) is 5.82 Å². The Morgan fingerprint density at radius 2 is 1.86 bits per heavy atom. The van der Waals surface area contributed by atoms with Crippen molar-refractivity contribution in [3.63, 3.8) is 0 Å². The second kappa shape index (κ2) is 5.78. The average molecular weight is 295 g/mol. The molecular formula is C17H11F2N3. The highest BCUT2D eigenvalue weighted by Crippen LogP contribution is 2.25. The zero-order chi connectivity index (χ0) is 15.5. The summed E-state index contributed by atoms with van der Waals surface area (Å²) in [5.74, 6) is -1.32. The Bertz CT molecular complexity index is 867. The molecule has 0 radical (unpaired) electrons. The second-order valence-corrected chi connectivity index (χ2v) is 4.80. The highest BCUT2D eigenvalue weighted by Gasteiger charge is 2.09. The van der Waals surface area contributed by atoms with E-state index in [0.29, 0.717) is 23.2 Å². The number of nitrogens with zero attached hydrogens (tertiary/aromatic N) is 2. The molecule has 22 heavy (non-hydrogen) atoms. The predicted molar refractivity (Wildman–Crippen MR) is 80.1 cm³/mol. The van der Waals surface area contributed by atoms with Gasteiger partial charge in [-0.25, -0.2) is 8.78 Å². The summed E-state index contributed by atoms with van der Waals surface area (Å²) < 4.78 is 27.1. The number of halogens is 2. The van der Waals surface area contributed by atoms with Crippen LogP contribution >= 0.6 is 0 Å². The van der Waals surface area contributed by atoms with Gasteiger partial charge in [-0.15, -0.1) is 0 Å². The van der Waals surface area contributed by atoms with E-state index in [1.165, 1.54) is 12.3 Å². The van der Waals surface area contributed by atoms with E-state index in [1.54, 1.807) is 18.2 Å². The third-order valence-electron chi connectivity index (χ3n) is 3.33. The van der Waals surface area contributed by atoms with Crippen LogP contribution in [0.4, 0.5) is 14.5 Å². The van der Waals surface area contributed by atoms with Crippen LogP contribution in [0.2, 0.25) is 0 Å². The number of benzene rings is 2. The van der Waals surface area contributed by atoms with Gasteiger partial charge in [0, 0.05) is 29.9 Å². The van der Waals surface area contributed by atoms with E-state index in [0.717, 1.165) is 11.6 Å². The van der Waals surface area contributed by atoms with Gasteiger partial charge in [0.2, 0.25) is 0 Å². The van der Waals surface area contributed by atoms with Crippen LogP contribution in [0.3, 0.4) is 0 Å². The molecule has 0 aliphatic carbocycles. The number of nitriles is 1. The maximum absolute atomic E-state index is 13.7. The molecule has 0 aliphatic heterocycles. The van der Waals surface area contributed by atoms with Crippen LogP contribution in [0, 0.1) is 23.0 Å². The van der Waals surface area contributed by atoms with E-state index in [1.807, 2.05) is 12.1 Å². The largest absolute Gasteiger partial charge is 0.380 e. The first-order chi connectivity index (χ1) is 10.7. The fourth-order valence-electron chi connectivity index (χ4n) is 2.23. The number of hydrogen-bond donors (Lipinski definition) is 1. The van der Waals surface area contributed by atoms with Crippen LogP contribution in [0.15, 0.2) is 48.7 Å². The molecule has 5 heteroatoms. The number of anilines is 1. The van der Waals surface area contributed by atoms with Crippen molar-refractivity contribution in [2.75, 3.05) is 5.32 Å². The van der Waals surface area contributed by atoms with Crippen molar-refractivity contribution in [1.82, 2.24) is 4.98 Å². The van der Waals surface area contributed by atoms with Crippen molar-refractivity contribution in [3.8, 4) is 6.07 Å². The highest BCUT2D eigenvalue weighted by atomic mass is 19.1. The number of aromatic nitrogens is 1. The fraction of sp³-hybridized carbons (Fsp3) is 0.0588.